The summed E-state index contributed by atoms with van der Waals surface area (Å²) in [6.45, 7) is 5.54. The molecule has 0 amide bonds. The lowest BCUT2D eigenvalue weighted by Crippen LogP contribution is -2.33. The van der Waals surface area contributed by atoms with Gasteiger partial charge in [-0.3, -0.25) is 0 Å². The fraction of sp³-hybridized carbons (Fsp3) is 0.500. The number of aryl methyl sites for hydroxylation is 2. The van der Waals surface area contributed by atoms with Gasteiger partial charge in [0, 0.05) is 19.0 Å². The van der Waals surface area contributed by atoms with Gasteiger partial charge in [-0.15, -0.1) is 10.2 Å². The average Bonchev–Trinajstić information content (AvgIpc) is 3.13. The molecule has 1 aliphatic heterocycles. The van der Waals surface area contributed by atoms with Crippen LogP contribution in [0.1, 0.15) is 36.1 Å². The van der Waals surface area contributed by atoms with Crippen LogP contribution in [0, 0.1) is 13.8 Å². The molecule has 0 atom stereocenters. The molecule has 0 bridgehead atoms. The van der Waals surface area contributed by atoms with E-state index in [0.717, 1.165) is 43.1 Å². The van der Waals surface area contributed by atoms with Crippen molar-refractivity contribution in [2.45, 2.75) is 32.6 Å². The van der Waals surface area contributed by atoms with E-state index in [1.165, 1.54) is 0 Å². The first-order valence-electron chi connectivity index (χ1n) is 7.45. The van der Waals surface area contributed by atoms with Gasteiger partial charge >= 0.3 is 6.01 Å². The molecule has 8 heteroatoms. The Morgan fingerprint density at radius 1 is 1.14 bits per heavy atom. The van der Waals surface area contributed by atoms with Crippen molar-refractivity contribution in [1.29, 1.82) is 0 Å². The first-order valence-corrected chi connectivity index (χ1v) is 7.45. The zero-order chi connectivity index (χ0) is 15.1. The fourth-order valence-corrected chi connectivity index (χ4v) is 2.90. The number of hydrogen-bond acceptors (Lipinski definition) is 7. The molecule has 1 fully saturated rings. The van der Waals surface area contributed by atoms with E-state index >= 15 is 0 Å². The van der Waals surface area contributed by atoms with E-state index in [0.29, 0.717) is 17.8 Å². The average molecular weight is 299 g/mol. The molecule has 1 aliphatic rings. The number of fused-ring (bicyclic) bond motifs is 1. The van der Waals surface area contributed by atoms with Gasteiger partial charge in [-0.05, 0) is 38.8 Å². The number of aromatic nitrogens is 6. The molecule has 0 unspecified atom stereocenters. The van der Waals surface area contributed by atoms with Gasteiger partial charge in [0.25, 0.3) is 0 Å². The van der Waals surface area contributed by atoms with E-state index in [1.54, 1.807) is 0 Å². The van der Waals surface area contributed by atoms with Crippen molar-refractivity contribution in [2.75, 3.05) is 18.0 Å². The quantitative estimate of drug-likeness (QED) is 0.709. The molecule has 22 heavy (non-hydrogen) atoms. The Morgan fingerprint density at radius 2 is 1.95 bits per heavy atom. The molecular formula is C14H17N7O. The zero-order valence-electron chi connectivity index (χ0n) is 12.6. The van der Waals surface area contributed by atoms with Gasteiger partial charge < -0.3 is 9.42 Å². The molecule has 0 aromatic carbocycles. The first kappa shape index (κ1) is 13.2. The van der Waals surface area contributed by atoms with Crippen molar-refractivity contribution in [3.8, 4) is 0 Å². The number of anilines is 1. The second-order valence-electron chi connectivity index (χ2n) is 5.69. The van der Waals surface area contributed by atoms with Crippen LogP contribution in [0.2, 0.25) is 0 Å². The van der Waals surface area contributed by atoms with Gasteiger partial charge in [0.15, 0.2) is 17.3 Å². The fourth-order valence-electron chi connectivity index (χ4n) is 2.90. The second-order valence-corrected chi connectivity index (χ2v) is 5.69. The Bertz CT molecular complexity index is 800. The Morgan fingerprint density at radius 3 is 2.68 bits per heavy atom. The van der Waals surface area contributed by atoms with E-state index in [4.69, 9.17) is 4.52 Å². The van der Waals surface area contributed by atoms with Crippen LogP contribution in [-0.2, 0) is 0 Å². The number of piperidine rings is 1. The molecule has 0 spiro atoms. The lowest BCUT2D eigenvalue weighted by Gasteiger charge is -2.29. The van der Waals surface area contributed by atoms with Crippen LogP contribution in [0.15, 0.2) is 16.7 Å². The minimum Gasteiger partial charge on any atom is -0.324 e. The van der Waals surface area contributed by atoms with Crippen molar-refractivity contribution < 1.29 is 4.52 Å². The van der Waals surface area contributed by atoms with Gasteiger partial charge in [0.2, 0.25) is 0 Å². The largest absolute Gasteiger partial charge is 0.324 e. The highest BCUT2D eigenvalue weighted by atomic mass is 16.5. The molecule has 0 saturated carbocycles. The molecule has 1 saturated heterocycles. The third-order valence-electron chi connectivity index (χ3n) is 4.07. The summed E-state index contributed by atoms with van der Waals surface area (Å²) in [6, 6.07) is 4.51. The summed E-state index contributed by atoms with van der Waals surface area (Å²) in [5.74, 6) is 1.96. The maximum Gasteiger partial charge on any atom is 0.324 e. The van der Waals surface area contributed by atoms with Crippen LogP contribution in [0.4, 0.5) is 6.01 Å². The van der Waals surface area contributed by atoms with Gasteiger partial charge in [-0.2, -0.15) is 14.6 Å². The highest BCUT2D eigenvalue weighted by Gasteiger charge is 2.27. The van der Waals surface area contributed by atoms with Gasteiger partial charge in [-0.25, -0.2) is 0 Å². The predicted octanol–water partition coefficient (Wildman–Crippen LogP) is 1.51. The van der Waals surface area contributed by atoms with E-state index < -0.39 is 0 Å². The van der Waals surface area contributed by atoms with Crippen LogP contribution in [0.25, 0.3) is 5.65 Å². The summed E-state index contributed by atoms with van der Waals surface area (Å²) in [6.07, 6.45) is 1.94. The SMILES string of the molecule is Cc1ccc2nnc(C3CCN(c4nc(C)no4)CC3)n2n1. The van der Waals surface area contributed by atoms with Crippen LogP contribution in [-0.4, -0.2) is 43.0 Å². The number of rotatable bonds is 2. The van der Waals surface area contributed by atoms with Gasteiger partial charge in [0.1, 0.15) is 0 Å². The highest BCUT2D eigenvalue weighted by Crippen LogP contribution is 2.28. The molecule has 4 heterocycles. The summed E-state index contributed by atoms with van der Waals surface area (Å²) >= 11 is 0. The predicted molar refractivity (Wildman–Crippen MR) is 78.7 cm³/mol. The minimum atomic E-state index is 0.351. The third-order valence-corrected chi connectivity index (χ3v) is 4.07. The molecule has 0 aliphatic carbocycles. The molecule has 0 radical (unpaired) electrons. The van der Waals surface area contributed by atoms with E-state index in [2.05, 4.69) is 30.3 Å². The van der Waals surface area contributed by atoms with E-state index in [9.17, 15) is 0 Å². The monoisotopic (exact) mass is 299 g/mol. The van der Waals surface area contributed by atoms with Gasteiger partial charge in [-0.1, -0.05) is 5.16 Å². The zero-order valence-corrected chi connectivity index (χ0v) is 12.6. The Hall–Kier alpha value is -2.51. The summed E-state index contributed by atoms with van der Waals surface area (Å²) in [5.41, 5.74) is 1.77. The maximum atomic E-state index is 5.23. The molecule has 0 N–H and O–H groups in total. The van der Waals surface area contributed by atoms with Crippen LogP contribution in [0.3, 0.4) is 0 Å². The van der Waals surface area contributed by atoms with E-state index in [-0.39, 0.29) is 0 Å². The lowest BCUT2D eigenvalue weighted by atomic mass is 9.96. The van der Waals surface area contributed by atoms with Crippen LogP contribution >= 0.6 is 0 Å². The highest BCUT2D eigenvalue weighted by molar-refractivity contribution is 5.37. The summed E-state index contributed by atoms with van der Waals surface area (Å²) in [7, 11) is 0. The molecule has 114 valence electrons. The summed E-state index contributed by atoms with van der Waals surface area (Å²) in [4.78, 5) is 6.41. The maximum absolute atomic E-state index is 5.23. The van der Waals surface area contributed by atoms with Crippen LogP contribution in [0.5, 0.6) is 0 Å². The Balaban J connectivity index is 1.54. The number of nitrogens with zero attached hydrogens (tertiary/aromatic N) is 7. The molecule has 8 nitrogen and oxygen atoms in total. The van der Waals surface area contributed by atoms with Crippen molar-refractivity contribution in [3.63, 3.8) is 0 Å². The number of hydrogen-bond donors (Lipinski definition) is 0. The molecule has 4 rings (SSSR count). The summed E-state index contributed by atoms with van der Waals surface area (Å²) < 4.78 is 7.10. The topological polar surface area (TPSA) is 85.2 Å². The lowest BCUT2D eigenvalue weighted by molar-refractivity contribution is 0.386. The molecular weight excluding hydrogens is 282 g/mol. The van der Waals surface area contributed by atoms with Crippen LogP contribution < -0.4 is 4.90 Å². The van der Waals surface area contributed by atoms with Crippen molar-refractivity contribution >= 4 is 11.7 Å². The third kappa shape index (κ3) is 2.20. The Labute approximate surface area is 127 Å². The van der Waals surface area contributed by atoms with Crippen molar-refractivity contribution in [3.05, 3.63) is 29.5 Å². The Kier molecular flexibility index (Phi) is 3.02. The van der Waals surface area contributed by atoms with Crippen molar-refractivity contribution in [1.82, 2.24) is 30.0 Å². The molecule has 3 aromatic rings. The summed E-state index contributed by atoms with van der Waals surface area (Å²) in [5, 5.41) is 16.9. The smallest absolute Gasteiger partial charge is 0.324 e. The first-order chi connectivity index (χ1) is 10.7. The normalized spacial score (nSPS) is 16.5. The standard InChI is InChI=1S/C14H17N7O/c1-9-3-4-12-16-17-13(21(12)18-9)11-5-7-20(8-6-11)14-15-10(2)19-22-14/h3-4,11H,5-8H2,1-2H3. The van der Waals surface area contributed by atoms with Gasteiger partial charge in [0.05, 0.1) is 5.69 Å². The second kappa shape index (κ2) is 5.04. The molecule has 3 aromatic heterocycles. The van der Waals surface area contributed by atoms with E-state index in [1.807, 2.05) is 30.5 Å². The minimum absolute atomic E-state index is 0.351. The van der Waals surface area contributed by atoms with Crippen molar-refractivity contribution in [2.24, 2.45) is 0 Å².